The van der Waals surface area contributed by atoms with E-state index in [0.29, 0.717) is 11.6 Å². The van der Waals surface area contributed by atoms with Crippen LogP contribution in [0.2, 0.25) is 0 Å². The molecule has 0 atom stereocenters. The van der Waals surface area contributed by atoms with E-state index >= 15 is 0 Å². The van der Waals surface area contributed by atoms with E-state index in [1.165, 1.54) is 17.7 Å². The Hall–Kier alpha value is -3.50. The molecule has 37 heavy (non-hydrogen) atoms. The van der Waals surface area contributed by atoms with Crippen LogP contribution in [0.15, 0.2) is 41.4 Å². The maximum atomic E-state index is 13.7. The molecule has 2 aromatic rings. The van der Waals surface area contributed by atoms with Crippen molar-refractivity contribution < 1.29 is 28.9 Å². The summed E-state index contributed by atoms with van der Waals surface area (Å²) in [6, 6.07) is 11.2. The van der Waals surface area contributed by atoms with Gasteiger partial charge in [-0.2, -0.15) is 0 Å². The molecular weight excluding hydrogens is 479 g/mol. The first-order chi connectivity index (χ1) is 17.7. The van der Waals surface area contributed by atoms with Crippen LogP contribution in [0.1, 0.15) is 50.7 Å². The van der Waals surface area contributed by atoms with Gasteiger partial charge in [-0.05, 0) is 48.7 Å². The molecule has 2 aliphatic heterocycles. The molecule has 0 radical (unpaired) electrons. The van der Waals surface area contributed by atoms with Crippen molar-refractivity contribution in [2.45, 2.75) is 39.5 Å². The van der Waals surface area contributed by atoms with E-state index in [-0.39, 0.29) is 18.7 Å². The lowest BCUT2D eigenvalue weighted by Gasteiger charge is -2.31. The molecule has 0 unspecified atom stereocenters. The fourth-order valence-corrected chi connectivity index (χ4v) is 3.57. The Bertz CT molecular complexity index is 1070. The number of aliphatic imine (C=N–C) groups is 1. The Labute approximate surface area is 217 Å². The normalized spacial score (nSPS) is 13.9. The molecule has 4 N–H and O–H groups in total. The van der Waals surface area contributed by atoms with Gasteiger partial charge in [0.1, 0.15) is 11.7 Å². The summed E-state index contributed by atoms with van der Waals surface area (Å²) in [6.45, 7) is 10.9. The van der Waals surface area contributed by atoms with Gasteiger partial charge in [0.2, 0.25) is 0 Å². The predicted molar refractivity (Wildman–Crippen MR) is 143 cm³/mol. The fraction of sp³-hybridized carbons (Fsp3) is 0.444. The minimum Gasteiger partial charge on any atom is -0.481 e. The Morgan fingerprint density at radius 2 is 1.68 bits per heavy atom. The van der Waals surface area contributed by atoms with Crippen molar-refractivity contribution in [3.05, 3.63) is 53.3 Å². The van der Waals surface area contributed by atoms with Crippen molar-refractivity contribution in [2.75, 3.05) is 45.2 Å². The molecule has 0 saturated carbocycles. The van der Waals surface area contributed by atoms with Crippen LogP contribution in [0.4, 0.5) is 21.5 Å². The number of methoxy groups -OCH3 is 1. The smallest absolute Gasteiger partial charge is 0.303 e. The van der Waals surface area contributed by atoms with Gasteiger partial charge in [-0.3, -0.25) is 9.59 Å². The third-order valence-corrected chi connectivity index (χ3v) is 5.66. The van der Waals surface area contributed by atoms with E-state index in [9.17, 15) is 14.0 Å². The maximum absolute atomic E-state index is 13.7. The number of rotatable bonds is 5. The Balaban J connectivity index is 0.000000338. The first-order valence-electron chi connectivity index (χ1n) is 12.3. The second-order valence-corrected chi connectivity index (χ2v) is 8.78. The molecule has 4 rings (SSSR count). The molecule has 0 spiro atoms. The largest absolute Gasteiger partial charge is 0.481 e. The highest BCUT2D eigenvalue weighted by atomic mass is 19.1. The van der Waals surface area contributed by atoms with Crippen LogP contribution < -0.4 is 10.6 Å². The Kier molecular flexibility index (Phi) is 12.0. The number of anilines is 2. The number of nitrogens with one attached hydrogen (secondary N) is 2. The van der Waals surface area contributed by atoms with E-state index in [4.69, 9.17) is 15.2 Å². The number of nitrogens with zero attached hydrogens (tertiary/aromatic N) is 2. The van der Waals surface area contributed by atoms with Crippen molar-refractivity contribution in [1.29, 1.82) is 0 Å². The van der Waals surface area contributed by atoms with Crippen molar-refractivity contribution in [2.24, 2.45) is 4.99 Å². The summed E-state index contributed by atoms with van der Waals surface area (Å²) in [4.78, 5) is 26.5. The number of hydrogen-bond acceptors (Lipinski definition) is 7. The second-order valence-electron chi connectivity index (χ2n) is 8.78. The number of carbonyl (C=O) groups is 2. The van der Waals surface area contributed by atoms with Crippen LogP contribution in [0.5, 0.6) is 0 Å². The average Bonchev–Trinajstić information content (AvgIpc) is 3.04. The van der Waals surface area contributed by atoms with Crippen LogP contribution in [-0.2, 0) is 14.3 Å². The number of amidine groups is 1. The second kappa shape index (κ2) is 14.9. The number of ether oxygens (including phenoxy) is 1. The van der Waals surface area contributed by atoms with E-state index < -0.39 is 11.9 Å². The van der Waals surface area contributed by atoms with Crippen molar-refractivity contribution in [1.82, 2.24) is 10.2 Å². The van der Waals surface area contributed by atoms with Gasteiger partial charge in [0.15, 0.2) is 0 Å². The number of aliphatic carboxylic acids is 2. The van der Waals surface area contributed by atoms with Gasteiger partial charge in [-0.25, -0.2) is 9.38 Å². The van der Waals surface area contributed by atoms with E-state index in [1.807, 2.05) is 6.92 Å². The summed E-state index contributed by atoms with van der Waals surface area (Å²) >= 11 is 0. The SMILES string of the molecule is CC(C)c1ccc2c(c1)C(N1CCNCC1)=Nc1ccc(F)cc1N2.CCOC.O=C(O)CCC(=O)O. The van der Waals surface area contributed by atoms with Crippen molar-refractivity contribution in [3.8, 4) is 0 Å². The fourth-order valence-electron chi connectivity index (χ4n) is 3.57. The lowest BCUT2D eigenvalue weighted by Crippen LogP contribution is -2.46. The van der Waals surface area contributed by atoms with Crippen molar-refractivity contribution in [3.63, 3.8) is 0 Å². The number of piperazine rings is 1. The van der Waals surface area contributed by atoms with Crippen LogP contribution in [0, 0.1) is 5.82 Å². The first-order valence-corrected chi connectivity index (χ1v) is 12.3. The van der Waals surface area contributed by atoms with E-state index in [0.717, 1.165) is 55.6 Å². The van der Waals surface area contributed by atoms with Gasteiger partial charge in [0.05, 0.1) is 24.2 Å². The van der Waals surface area contributed by atoms with Crippen molar-refractivity contribution >= 4 is 34.8 Å². The Morgan fingerprint density at radius 3 is 2.22 bits per heavy atom. The van der Waals surface area contributed by atoms with Gasteiger partial charge in [0, 0.05) is 51.1 Å². The quantitative estimate of drug-likeness (QED) is 0.455. The molecule has 0 aliphatic carbocycles. The predicted octanol–water partition coefficient (Wildman–Crippen LogP) is 4.58. The highest BCUT2D eigenvalue weighted by molar-refractivity contribution is 6.08. The first kappa shape index (κ1) is 29.7. The molecule has 10 heteroatoms. The molecule has 9 nitrogen and oxygen atoms in total. The summed E-state index contributed by atoms with van der Waals surface area (Å²) in [5.41, 5.74) is 4.83. The molecule has 0 bridgehead atoms. The summed E-state index contributed by atoms with van der Waals surface area (Å²) in [5.74, 6) is -0.998. The third kappa shape index (κ3) is 9.47. The number of benzene rings is 2. The lowest BCUT2D eigenvalue weighted by molar-refractivity contribution is -0.143. The molecule has 1 saturated heterocycles. The average molecular weight is 517 g/mol. The van der Waals surface area contributed by atoms with Gasteiger partial charge in [-0.1, -0.05) is 19.9 Å². The van der Waals surface area contributed by atoms with Crippen LogP contribution in [0.3, 0.4) is 0 Å². The Morgan fingerprint density at radius 1 is 1.05 bits per heavy atom. The number of fused-ring (bicyclic) bond motifs is 2. The van der Waals surface area contributed by atoms with Gasteiger partial charge in [0.25, 0.3) is 0 Å². The zero-order valence-corrected chi connectivity index (χ0v) is 21.9. The van der Waals surface area contributed by atoms with Gasteiger partial charge in [-0.15, -0.1) is 0 Å². The number of carboxylic acids is 2. The minimum atomic E-state index is -1.08. The highest BCUT2D eigenvalue weighted by Crippen LogP contribution is 2.36. The molecule has 1 fully saturated rings. The molecule has 2 aliphatic rings. The van der Waals surface area contributed by atoms with Gasteiger partial charge >= 0.3 is 11.9 Å². The van der Waals surface area contributed by atoms with Crippen LogP contribution in [-0.4, -0.2) is 72.8 Å². The number of carboxylic acid groups (broad SMARTS) is 2. The standard InChI is InChI=1S/C20H23FN4.C4H6O4.C3H8O/c1-13(2)14-3-5-17-16(11-14)20(25-9-7-22-8-10-25)24-18-6-4-15(21)12-19(18)23-17;5-3(6)1-2-4(7)8;1-3-4-2/h3-6,11-13,22-23H,7-10H2,1-2H3;1-2H2,(H,5,6)(H,7,8);3H2,1-2H3. The molecule has 202 valence electrons. The van der Waals surface area contributed by atoms with E-state index in [1.54, 1.807) is 13.2 Å². The monoisotopic (exact) mass is 516 g/mol. The number of halogens is 1. The maximum Gasteiger partial charge on any atom is 0.303 e. The minimum absolute atomic E-state index is 0.257. The highest BCUT2D eigenvalue weighted by Gasteiger charge is 2.23. The van der Waals surface area contributed by atoms with Crippen LogP contribution in [0.25, 0.3) is 0 Å². The molecule has 2 aromatic carbocycles. The lowest BCUT2D eigenvalue weighted by atomic mass is 9.98. The molecule has 0 amide bonds. The number of hydrogen-bond donors (Lipinski definition) is 4. The summed E-state index contributed by atoms with van der Waals surface area (Å²) < 4.78 is 18.3. The zero-order valence-electron chi connectivity index (χ0n) is 21.9. The summed E-state index contributed by atoms with van der Waals surface area (Å²) in [5, 5.41) is 22.6. The zero-order chi connectivity index (χ0) is 27.4. The summed E-state index contributed by atoms with van der Waals surface area (Å²) in [7, 11) is 1.68. The molecule has 2 heterocycles. The van der Waals surface area contributed by atoms with Crippen LogP contribution >= 0.6 is 0 Å². The molecule has 0 aromatic heterocycles. The topological polar surface area (TPSA) is 123 Å². The third-order valence-electron chi connectivity index (χ3n) is 5.66. The van der Waals surface area contributed by atoms with E-state index in [2.05, 4.69) is 52.3 Å². The summed E-state index contributed by atoms with van der Waals surface area (Å²) in [6.07, 6.45) is -0.593. The van der Waals surface area contributed by atoms with Gasteiger partial charge < -0.3 is 30.5 Å². The molecular formula is C27H37FN4O5.